The van der Waals surface area contributed by atoms with Crippen LogP contribution in [-0.4, -0.2) is 28.0 Å². The Morgan fingerprint density at radius 1 is 1.37 bits per heavy atom. The molecular weight excluding hydrogens is 243 g/mol. The minimum Gasteiger partial charge on any atom is -0.337 e. The predicted molar refractivity (Wildman–Crippen MR) is 72.9 cm³/mol. The third-order valence-electron chi connectivity index (χ3n) is 3.14. The Morgan fingerprint density at radius 2 is 2.05 bits per heavy atom. The first-order chi connectivity index (χ1) is 9.06. The van der Waals surface area contributed by atoms with Gasteiger partial charge < -0.3 is 10.3 Å². The molecule has 4 nitrogen and oxygen atoms in total. The molecule has 1 aromatic heterocycles. The predicted octanol–water partition coefficient (Wildman–Crippen LogP) is 1.69. The molecule has 5 heteroatoms. The topological polar surface area (TPSA) is 47.1 Å². The third-order valence-corrected chi connectivity index (χ3v) is 3.14. The molecule has 2 rings (SSSR count). The molecule has 0 radical (unpaired) electrons. The Kier molecular flexibility index (Phi) is 4.29. The monoisotopic (exact) mass is 262 g/mol. The highest BCUT2D eigenvalue weighted by atomic mass is 19.1. The van der Waals surface area contributed by atoms with Gasteiger partial charge in [0.05, 0.1) is 6.54 Å². The molecule has 0 aliphatic heterocycles. The highest BCUT2D eigenvalue weighted by molar-refractivity contribution is 5.19. The average Bonchev–Trinajstić information content (AvgIpc) is 2.75. The summed E-state index contributed by atoms with van der Waals surface area (Å²) in [6.45, 7) is 1.43. The van der Waals surface area contributed by atoms with Crippen molar-refractivity contribution in [2.45, 2.75) is 12.6 Å². The van der Waals surface area contributed by atoms with Crippen molar-refractivity contribution in [1.82, 2.24) is 14.5 Å². The van der Waals surface area contributed by atoms with Crippen molar-refractivity contribution in [3.63, 3.8) is 0 Å². The van der Waals surface area contributed by atoms with E-state index in [0.717, 1.165) is 17.9 Å². The Bertz CT molecular complexity index is 520. The smallest absolute Gasteiger partial charge is 0.123 e. The van der Waals surface area contributed by atoms with Crippen LogP contribution in [0.3, 0.4) is 0 Å². The second-order valence-electron chi connectivity index (χ2n) is 4.81. The van der Waals surface area contributed by atoms with Crippen LogP contribution in [0.5, 0.6) is 0 Å². The number of hydrogen-bond acceptors (Lipinski definition) is 3. The van der Waals surface area contributed by atoms with Crippen molar-refractivity contribution in [2.24, 2.45) is 12.8 Å². The van der Waals surface area contributed by atoms with Gasteiger partial charge in [-0.15, -0.1) is 0 Å². The third kappa shape index (κ3) is 3.62. The molecule has 0 saturated carbocycles. The number of benzene rings is 1. The Labute approximate surface area is 112 Å². The fraction of sp³-hybridized carbons (Fsp3) is 0.357. The van der Waals surface area contributed by atoms with Crippen LogP contribution >= 0.6 is 0 Å². The molecule has 0 aliphatic carbocycles. The maximum absolute atomic E-state index is 12.8. The van der Waals surface area contributed by atoms with Crippen molar-refractivity contribution < 1.29 is 4.39 Å². The number of nitrogens with two attached hydrogens (primary N) is 1. The van der Waals surface area contributed by atoms with E-state index in [1.165, 1.54) is 12.1 Å². The molecule has 102 valence electrons. The van der Waals surface area contributed by atoms with Crippen molar-refractivity contribution in [3.05, 3.63) is 53.9 Å². The molecule has 1 aromatic carbocycles. The van der Waals surface area contributed by atoms with Crippen LogP contribution in [-0.2, 0) is 13.6 Å². The molecule has 1 unspecified atom stereocenters. The van der Waals surface area contributed by atoms with Gasteiger partial charge in [0.1, 0.15) is 11.6 Å². The summed E-state index contributed by atoms with van der Waals surface area (Å²) >= 11 is 0. The molecule has 2 aromatic rings. The van der Waals surface area contributed by atoms with E-state index in [-0.39, 0.29) is 11.9 Å². The quantitative estimate of drug-likeness (QED) is 0.892. The molecule has 0 fully saturated rings. The minimum absolute atomic E-state index is 0.133. The second-order valence-corrected chi connectivity index (χ2v) is 4.81. The van der Waals surface area contributed by atoms with E-state index < -0.39 is 0 Å². The summed E-state index contributed by atoms with van der Waals surface area (Å²) in [5.41, 5.74) is 7.06. The van der Waals surface area contributed by atoms with Crippen LogP contribution in [0.15, 0.2) is 36.7 Å². The summed E-state index contributed by atoms with van der Waals surface area (Å²) < 4.78 is 14.8. The summed E-state index contributed by atoms with van der Waals surface area (Å²) in [5, 5.41) is 0. The lowest BCUT2D eigenvalue weighted by atomic mass is 10.1. The number of hydrogen-bond donors (Lipinski definition) is 1. The number of rotatable bonds is 5. The van der Waals surface area contributed by atoms with E-state index in [1.54, 1.807) is 18.3 Å². The number of aryl methyl sites for hydroxylation is 1. The van der Waals surface area contributed by atoms with Crippen molar-refractivity contribution in [3.8, 4) is 0 Å². The van der Waals surface area contributed by atoms with Crippen LogP contribution in [0.1, 0.15) is 17.4 Å². The number of halogens is 1. The van der Waals surface area contributed by atoms with Crippen LogP contribution in [0.4, 0.5) is 4.39 Å². The maximum Gasteiger partial charge on any atom is 0.123 e. The molecule has 0 amide bonds. The van der Waals surface area contributed by atoms with Gasteiger partial charge in [0.25, 0.3) is 0 Å². The van der Waals surface area contributed by atoms with Crippen LogP contribution in [0.2, 0.25) is 0 Å². The molecule has 0 aliphatic rings. The van der Waals surface area contributed by atoms with Crippen LogP contribution < -0.4 is 5.73 Å². The van der Waals surface area contributed by atoms with Gasteiger partial charge in [0.2, 0.25) is 0 Å². The molecule has 2 N–H and O–H groups in total. The van der Waals surface area contributed by atoms with Crippen LogP contribution in [0, 0.1) is 5.82 Å². The number of imidazole rings is 1. The van der Waals surface area contributed by atoms with E-state index >= 15 is 0 Å². The van der Waals surface area contributed by atoms with Crippen molar-refractivity contribution >= 4 is 0 Å². The Balaban J connectivity index is 1.93. The number of nitrogens with zero attached hydrogens (tertiary/aromatic N) is 3. The first-order valence-electron chi connectivity index (χ1n) is 6.22. The molecular formula is C14H19FN4. The maximum atomic E-state index is 12.8. The Morgan fingerprint density at radius 3 is 2.63 bits per heavy atom. The second kappa shape index (κ2) is 5.95. The molecule has 0 saturated heterocycles. The lowest BCUT2D eigenvalue weighted by Gasteiger charge is -2.21. The van der Waals surface area contributed by atoms with Gasteiger partial charge >= 0.3 is 0 Å². The highest BCUT2D eigenvalue weighted by Gasteiger charge is 2.11. The van der Waals surface area contributed by atoms with E-state index in [0.29, 0.717) is 6.54 Å². The zero-order valence-corrected chi connectivity index (χ0v) is 11.3. The number of likely N-dealkylation sites (N-methyl/N-ethyl adjacent to an activating group) is 1. The van der Waals surface area contributed by atoms with Gasteiger partial charge in [0.15, 0.2) is 0 Å². The zero-order valence-electron chi connectivity index (χ0n) is 11.3. The average molecular weight is 262 g/mol. The lowest BCUT2D eigenvalue weighted by Crippen LogP contribution is -2.29. The summed E-state index contributed by atoms with van der Waals surface area (Å²) in [4.78, 5) is 6.39. The first kappa shape index (κ1) is 13.7. The minimum atomic E-state index is -0.239. The number of aromatic nitrogens is 2. The van der Waals surface area contributed by atoms with Crippen LogP contribution in [0.25, 0.3) is 0 Å². The standard InChI is InChI=1S/C14H19FN4/c1-18(10-14-17-7-8-19(14)2)9-13(16)11-3-5-12(15)6-4-11/h3-8,13H,9-10,16H2,1-2H3. The highest BCUT2D eigenvalue weighted by Crippen LogP contribution is 2.13. The largest absolute Gasteiger partial charge is 0.337 e. The molecule has 1 atom stereocenters. The normalized spacial score (nSPS) is 12.9. The summed E-state index contributed by atoms with van der Waals surface area (Å²) in [6.07, 6.45) is 3.70. The fourth-order valence-corrected chi connectivity index (χ4v) is 2.01. The van der Waals surface area contributed by atoms with Gasteiger partial charge in [-0.25, -0.2) is 9.37 Å². The zero-order chi connectivity index (χ0) is 13.8. The SMILES string of the molecule is CN(Cc1nccn1C)CC(N)c1ccc(F)cc1. The van der Waals surface area contributed by atoms with Gasteiger partial charge in [-0.2, -0.15) is 0 Å². The molecule has 0 spiro atoms. The summed E-state index contributed by atoms with van der Waals surface area (Å²) in [5.74, 6) is 0.756. The van der Waals surface area contributed by atoms with Gasteiger partial charge in [0, 0.05) is 32.0 Å². The van der Waals surface area contributed by atoms with Crippen molar-refractivity contribution in [2.75, 3.05) is 13.6 Å². The van der Waals surface area contributed by atoms with E-state index in [9.17, 15) is 4.39 Å². The molecule has 19 heavy (non-hydrogen) atoms. The lowest BCUT2D eigenvalue weighted by molar-refractivity contribution is 0.295. The first-order valence-corrected chi connectivity index (χ1v) is 6.22. The fourth-order valence-electron chi connectivity index (χ4n) is 2.01. The summed E-state index contributed by atoms with van der Waals surface area (Å²) in [6, 6.07) is 6.20. The van der Waals surface area contributed by atoms with Crippen molar-refractivity contribution in [1.29, 1.82) is 0 Å². The van der Waals surface area contributed by atoms with Gasteiger partial charge in [-0.3, -0.25) is 4.90 Å². The van der Waals surface area contributed by atoms with E-state index in [1.807, 2.05) is 24.9 Å². The molecule has 1 heterocycles. The van der Waals surface area contributed by atoms with E-state index in [2.05, 4.69) is 9.88 Å². The molecule has 0 bridgehead atoms. The van der Waals surface area contributed by atoms with Gasteiger partial charge in [-0.05, 0) is 24.7 Å². The summed E-state index contributed by atoms with van der Waals surface area (Å²) in [7, 11) is 3.97. The van der Waals surface area contributed by atoms with E-state index in [4.69, 9.17) is 5.73 Å². The Hall–Kier alpha value is -1.72. The van der Waals surface area contributed by atoms with Gasteiger partial charge in [-0.1, -0.05) is 12.1 Å².